The Balaban J connectivity index is 1.61. The lowest BCUT2D eigenvalue weighted by molar-refractivity contribution is -0.115. The highest BCUT2D eigenvalue weighted by atomic mass is 32.1. The first-order chi connectivity index (χ1) is 12.6. The molecule has 2 aromatic carbocycles. The summed E-state index contributed by atoms with van der Waals surface area (Å²) in [6, 6.07) is 13.4. The Morgan fingerprint density at radius 2 is 2.00 bits per heavy atom. The lowest BCUT2D eigenvalue weighted by Crippen LogP contribution is -2.37. The van der Waals surface area contributed by atoms with E-state index in [2.05, 4.69) is 15.3 Å². The quantitative estimate of drug-likeness (QED) is 0.725. The van der Waals surface area contributed by atoms with E-state index in [0.717, 1.165) is 27.2 Å². The summed E-state index contributed by atoms with van der Waals surface area (Å²) in [5.74, 6) is 1.05. The van der Waals surface area contributed by atoms with Crippen molar-refractivity contribution in [3.63, 3.8) is 0 Å². The van der Waals surface area contributed by atoms with E-state index in [1.807, 2.05) is 59.9 Å². The average Bonchev–Trinajstić information content (AvgIpc) is 3.28. The highest BCUT2D eigenvalue weighted by molar-refractivity contribution is 7.16. The molecule has 26 heavy (non-hydrogen) atoms. The molecule has 0 unspecified atom stereocenters. The number of nitrogens with one attached hydrogen (secondary N) is 1. The zero-order valence-corrected chi connectivity index (χ0v) is 15.1. The van der Waals surface area contributed by atoms with Crippen molar-refractivity contribution in [2.24, 2.45) is 4.99 Å². The maximum atomic E-state index is 12.3. The van der Waals surface area contributed by atoms with Crippen molar-refractivity contribution in [1.29, 1.82) is 0 Å². The van der Waals surface area contributed by atoms with E-state index in [0.29, 0.717) is 11.7 Å². The molecule has 1 N–H and O–H groups in total. The number of thiazole rings is 1. The Kier molecular flexibility index (Phi) is 4.14. The third-order valence-electron chi connectivity index (χ3n) is 4.12. The van der Waals surface area contributed by atoms with E-state index >= 15 is 0 Å². The van der Waals surface area contributed by atoms with Gasteiger partial charge < -0.3 is 9.64 Å². The van der Waals surface area contributed by atoms with Crippen molar-refractivity contribution in [2.45, 2.75) is 0 Å². The average molecular weight is 364 g/mol. The number of fused-ring (bicyclic) bond motifs is 1. The second-order valence-electron chi connectivity index (χ2n) is 5.76. The Bertz CT molecular complexity index is 1040. The minimum atomic E-state index is -0.218. The summed E-state index contributed by atoms with van der Waals surface area (Å²) in [6.07, 6.45) is 1.78. The molecule has 1 aliphatic heterocycles. The number of hydrogen-bond donors (Lipinski definition) is 1. The van der Waals surface area contributed by atoms with Crippen LogP contribution in [0.5, 0.6) is 5.75 Å². The highest BCUT2D eigenvalue weighted by Gasteiger charge is 2.23. The topological polar surface area (TPSA) is 66.8 Å². The standard InChI is InChI=1S/C19H16N4O2S/c1-23(13-4-6-14(25-2)7-5-13)19-21-16(18(24)22-19)9-12-3-8-15-17(10-12)26-11-20-15/h3-11H,1-2H3,(H,21,22,24)/b16-9-. The van der Waals surface area contributed by atoms with E-state index in [1.165, 1.54) is 0 Å². The van der Waals surface area contributed by atoms with Crippen LogP contribution in [-0.2, 0) is 4.79 Å². The van der Waals surface area contributed by atoms with Crippen LogP contribution < -0.4 is 15.0 Å². The fourth-order valence-electron chi connectivity index (χ4n) is 2.66. The van der Waals surface area contributed by atoms with Crippen LogP contribution in [0.1, 0.15) is 5.56 Å². The van der Waals surface area contributed by atoms with Crippen molar-refractivity contribution in [3.8, 4) is 5.75 Å². The van der Waals surface area contributed by atoms with Crippen molar-refractivity contribution in [1.82, 2.24) is 10.3 Å². The van der Waals surface area contributed by atoms with Gasteiger partial charge in [-0.15, -0.1) is 11.3 Å². The third kappa shape index (κ3) is 3.04. The minimum Gasteiger partial charge on any atom is -0.497 e. The molecular formula is C19H16N4O2S. The Labute approximate surface area is 154 Å². The van der Waals surface area contributed by atoms with Gasteiger partial charge in [-0.3, -0.25) is 10.1 Å². The molecular weight excluding hydrogens is 348 g/mol. The molecule has 4 rings (SSSR count). The first-order valence-electron chi connectivity index (χ1n) is 7.97. The maximum absolute atomic E-state index is 12.3. The summed E-state index contributed by atoms with van der Waals surface area (Å²) < 4.78 is 6.25. The van der Waals surface area contributed by atoms with Gasteiger partial charge in [0.05, 0.1) is 22.8 Å². The van der Waals surface area contributed by atoms with Gasteiger partial charge in [0.2, 0.25) is 5.96 Å². The van der Waals surface area contributed by atoms with Crippen molar-refractivity contribution < 1.29 is 9.53 Å². The molecule has 1 aliphatic rings. The molecule has 0 saturated carbocycles. The van der Waals surface area contributed by atoms with Gasteiger partial charge in [-0.1, -0.05) is 6.07 Å². The smallest absolute Gasteiger partial charge is 0.276 e. The number of carbonyl (C=O) groups is 1. The van der Waals surface area contributed by atoms with Crippen molar-refractivity contribution in [2.75, 3.05) is 19.1 Å². The van der Waals surface area contributed by atoms with Crippen LogP contribution in [0.25, 0.3) is 16.3 Å². The second kappa shape index (κ2) is 6.61. The molecule has 130 valence electrons. The van der Waals surface area contributed by atoms with Crippen LogP contribution >= 0.6 is 11.3 Å². The number of amides is 1. The summed E-state index contributed by atoms with van der Waals surface area (Å²) in [4.78, 5) is 22.8. The number of guanidine groups is 1. The molecule has 0 fully saturated rings. The van der Waals surface area contributed by atoms with E-state index in [1.54, 1.807) is 24.5 Å². The summed E-state index contributed by atoms with van der Waals surface area (Å²) >= 11 is 1.57. The monoisotopic (exact) mass is 364 g/mol. The number of aliphatic imine (C=N–C) groups is 1. The fraction of sp³-hybridized carbons (Fsp3) is 0.105. The zero-order valence-electron chi connectivity index (χ0n) is 14.3. The van der Waals surface area contributed by atoms with Gasteiger partial charge >= 0.3 is 0 Å². The molecule has 0 atom stereocenters. The summed E-state index contributed by atoms with van der Waals surface area (Å²) in [7, 11) is 3.48. The fourth-order valence-corrected chi connectivity index (χ4v) is 3.39. The number of methoxy groups -OCH3 is 1. The number of nitrogens with zero attached hydrogens (tertiary/aromatic N) is 3. The van der Waals surface area contributed by atoms with Gasteiger partial charge in [0, 0.05) is 12.7 Å². The first kappa shape index (κ1) is 16.3. The number of anilines is 1. The van der Waals surface area contributed by atoms with Crippen LogP contribution in [0.2, 0.25) is 0 Å². The molecule has 0 radical (unpaired) electrons. The first-order valence-corrected chi connectivity index (χ1v) is 8.85. The van der Waals surface area contributed by atoms with E-state index < -0.39 is 0 Å². The zero-order chi connectivity index (χ0) is 18.1. The number of aromatic nitrogens is 1. The Morgan fingerprint density at radius 1 is 1.19 bits per heavy atom. The van der Waals surface area contributed by atoms with E-state index in [-0.39, 0.29) is 5.91 Å². The van der Waals surface area contributed by atoms with Crippen LogP contribution in [0.4, 0.5) is 5.69 Å². The van der Waals surface area contributed by atoms with Crippen molar-refractivity contribution in [3.05, 3.63) is 59.2 Å². The van der Waals surface area contributed by atoms with E-state index in [9.17, 15) is 4.79 Å². The SMILES string of the molecule is COc1ccc(N(C)C2=N/C(=C\c3ccc4ncsc4c3)C(=O)N2)cc1. The summed E-state index contributed by atoms with van der Waals surface area (Å²) in [5, 5.41) is 2.81. The number of hydrogen-bond acceptors (Lipinski definition) is 6. The number of carbonyl (C=O) groups excluding carboxylic acids is 1. The summed E-state index contributed by atoms with van der Waals surface area (Å²) in [5.41, 5.74) is 4.96. The highest BCUT2D eigenvalue weighted by Crippen LogP contribution is 2.23. The van der Waals surface area contributed by atoms with Crippen LogP contribution in [0.15, 0.2) is 58.7 Å². The van der Waals surface area contributed by atoms with Gasteiger partial charge in [0.1, 0.15) is 11.4 Å². The third-order valence-corrected chi connectivity index (χ3v) is 4.91. The molecule has 2 heterocycles. The Morgan fingerprint density at radius 3 is 2.77 bits per heavy atom. The molecule has 1 amide bonds. The van der Waals surface area contributed by atoms with Crippen molar-refractivity contribution >= 4 is 45.2 Å². The lowest BCUT2D eigenvalue weighted by atomic mass is 10.2. The molecule has 6 nitrogen and oxygen atoms in total. The van der Waals surface area contributed by atoms with Gasteiger partial charge in [0.15, 0.2) is 0 Å². The largest absolute Gasteiger partial charge is 0.497 e. The molecule has 0 aliphatic carbocycles. The van der Waals surface area contributed by atoms with Gasteiger partial charge in [-0.05, 0) is 48.0 Å². The van der Waals surface area contributed by atoms with Gasteiger partial charge in [-0.25, -0.2) is 9.98 Å². The molecule has 0 saturated heterocycles. The van der Waals surface area contributed by atoms with Crippen LogP contribution in [0, 0.1) is 0 Å². The van der Waals surface area contributed by atoms with Crippen LogP contribution in [0.3, 0.4) is 0 Å². The lowest BCUT2D eigenvalue weighted by Gasteiger charge is -2.18. The summed E-state index contributed by atoms with van der Waals surface area (Å²) in [6.45, 7) is 0. The second-order valence-corrected chi connectivity index (χ2v) is 6.64. The minimum absolute atomic E-state index is 0.218. The molecule has 3 aromatic rings. The molecule has 0 spiro atoms. The number of ether oxygens (including phenoxy) is 1. The van der Waals surface area contributed by atoms with Crippen LogP contribution in [-0.4, -0.2) is 31.0 Å². The predicted molar refractivity (Wildman–Crippen MR) is 105 cm³/mol. The molecule has 7 heteroatoms. The van der Waals surface area contributed by atoms with Gasteiger partial charge in [0.25, 0.3) is 5.91 Å². The normalized spacial score (nSPS) is 15.2. The van der Waals surface area contributed by atoms with Gasteiger partial charge in [-0.2, -0.15) is 0 Å². The number of rotatable bonds is 3. The number of benzene rings is 2. The Hall–Kier alpha value is -3.19. The molecule has 0 bridgehead atoms. The predicted octanol–water partition coefficient (Wildman–Crippen LogP) is 3.27. The van der Waals surface area contributed by atoms with E-state index in [4.69, 9.17) is 4.74 Å². The molecule has 1 aromatic heterocycles. The maximum Gasteiger partial charge on any atom is 0.276 e.